The van der Waals surface area contributed by atoms with Crippen molar-refractivity contribution in [2.24, 2.45) is 0 Å². The summed E-state index contributed by atoms with van der Waals surface area (Å²) >= 11 is 1.64. The SMILES string of the molecule is CCOc1ccccc1CN1CC(c2nc(-c3ccsc3)no2)C1. The number of hydrogen-bond acceptors (Lipinski definition) is 6. The molecule has 3 heterocycles. The monoisotopic (exact) mass is 341 g/mol. The maximum Gasteiger partial charge on any atom is 0.232 e. The molecule has 4 rings (SSSR count). The van der Waals surface area contributed by atoms with Gasteiger partial charge in [-0.25, -0.2) is 0 Å². The molecule has 1 saturated heterocycles. The average Bonchev–Trinajstić information content (AvgIpc) is 3.23. The summed E-state index contributed by atoms with van der Waals surface area (Å²) in [5.41, 5.74) is 2.25. The molecule has 0 aliphatic carbocycles. The van der Waals surface area contributed by atoms with Gasteiger partial charge >= 0.3 is 0 Å². The molecule has 0 amide bonds. The predicted octanol–water partition coefficient (Wildman–Crippen LogP) is 3.80. The molecule has 1 aromatic carbocycles. The fourth-order valence-corrected chi connectivity index (χ4v) is 3.57. The van der Waals surface area contributed by atoms with E-state index in [1.54, 1.807) is 11.3 Å². The van der Waals surface area contributed by atoms with Crippen molar-refractivity contribution < 1.29 is 9.26 Å². The molecule has 24 heavy (non-hydrogen) atoms. The second-order valence-electron chi connectivity index (χ2n) is 5.90. The Morgan fingerprint density at radius 3 is 2.96 bits per heavy atom. The summed E-state index contributed by atoms with van der Waals surface area (Å²) in [7, 11) is 0. The molecule has 2 aromatic heterocycles. The van der Waals surface area contributed by atoms with Gasteiger partial charge in [0.1, 0.15) is 5.75 Å². The summed E-state index contributed by atoms with van der Waals surface area (Å²) in [5, 5.41) is 8.15. The number of benzene rings is 1. The Morgan fingerprint density at radius 1 is 1.29 bits per heavy atom. The van der Waals surface area contributed by atoms with E-state index >= 15 is 0 Å². The first-order chi connectivity index (χ1) is 11.8. The van der Waals surface area contributed by atoms with Crippen LogP contribution in [0.25, 0.3) is 11.4 Å². The average molecular weight is 341 g/mol. The maximum atomic E-state index is 5.70. The van der Waals surface area contributed by atoms with Crippen LogP contribution in [0.3, 0.4) is 0 Å². The highest BCUT2D eigenvalue weighted by Crippen LogP contribution is 2.30. The lowest BCUT2D eigenvalue weighted by Gasteiger charge is -2.37. The van der Waals surface area contributed by atoms with Crippen molar-refractivity contribution in [3.8, 4) is 17.1 Å². The third-order valence-electron chi connectivity index (χ3n) is 4.19. The minimum Gasteiger partial charge on any atom is -0.494 e. The molecular weight excluding hydrogens is 322 g/mol. The molecule has 1 fully saturated rings. The van der Waals surface area contributed by atoms with Crippen LogP contribution in [-0.2, 0) is 6.54 Å². The van der Waals surface area contributed by atoms with Crippen molar-refractivity contribution in [2.75, 3.05) is 19.7 Å². The Labute approximate surface area is 144 Å². The zero-order chi connectivity index (χ0) is 16.4. The number of para-hydroxylation sites is 1. The Kier molecular flexibility index (Phi) is 4.32. The van der Waals surface area contributed by atoms with E-state index in [0.29, 0.717) is 18.3 Å². The highest BCUT2D eigenvalue weighted by molar-refractivity contribution is 7.08. The van der Waals surface area contributed by atoms with Crippen molar-refractivity contribution >= 4 is 11.3 Å². The minimum absolute atomic E-state index is 0.323. The lowest BCUT2D eigenvalue weighted by Crippen LogP contribution is -2.44. The number of aromatic nitrogens is 2. The highest BCUT2D eigenvalue weighted by Gasteiger charge is 2.33. The van der Waals surface area contributed by atoms with E-state index in [2.05, 4.69) is 27.2 Å². The van der Waals surface area contributed by atoms with E-state index < -0.39 is 0 Å². The van der Waals surface area contributed by atoms with Gasteiger partial charge in [-0.1, -0.05) is 23.4 Å². The summed E-state index contributed by atoms with van der Waals surface area (Å²) in [6.07, 6.45) is 0. The van der Waals surface area contributed by atoms with Crippen LogP contribution in [-0.4, -0.2) is 34.7 Å². The number of ether oxygens (including phenoxy) is 1. The Balaban J connectivity index is 1.37. The number of rotatable bonds is 6. The molecule has 0 saturated carbocycles. The van der Waals surface area contributed by atoms with E-state index in [1.165, 1.54) is 5.56 Å². The lowest BCUT2D eigenvalue weighted by molar-refractivity contribution is 0.116. The van der Waals surface area contributed by atoms with Crippen molar-refractivity contribution in [1.82, 2.24) is 15.0 Å². The van der Waals surface area contributed by atoms with Crippen LogP contribution < -0.4 is 4.74 Å². The highest BCUT2D eigenvalue weighted by atomic mass is 32.1. The van der Waals surface area contributed by atoms with Crippen molar-refractivity contribution in [3.05, 3.63) is 52.5 Å². The van der Waals surface area contributed by atoms with Crippen LogP contribution in [0.1, 0.15) is 24.3 Å². The number of thiophene rings is 1. The van der Waals surface area contributed by atoms with E-state index in [9.17, 15) is 0 Å². The van der Waals surface area contributed by atoms with Gasteiger partial charge in [-0.15, -0.1) is 0 Å². The van der Waals surface area contributed by atoms with Crippen LogP contribution in [0.5, 0.6) is 5.75 Å². The summed E-state index contributed by atoms with van der Waals surface area (Å²) in [6, 6.07) is 10.2. The van der Waals surface area contributed by atoms with Crippen LogP contribution in [0.15, 0.2) is 45.6 Å². The summed E-state index contributed by atoms with van der Waals surface area (Å²) < 4.78 is 11.1. The van der Waals surface area contributed by atoms with Gasteiger partial charge in [0.2, 0.25) is 11.7 Å². The van der Waals surface area contributed by atoms with E-state index in [0.717, 1.165) is 36.8 Å². The summed E-state index contributed by atoms with van der Waals surface area (Å²) in [5.74, 6) is 2.72. The van der Waals surface area contributed by atoms with Gasteiger partial charge in [0, 0.05) is 36.1 Å². The van der Waals surface area contributed by atoms with Crippen LogP contribution in [0, 0.1) is 0 Å². The second kappa shape index (κ2) is 6.75. The van der Waals surface area contributed by atoms with E-state index in [-0.39, 0.29) is 0 Å². The molecule has 1 aliphatic heterocycles. The standard InChI is InChI=1S/C18H19N3O2S/c1-2-22-16-6-4-3-5-13(16)9-21-10-15(11-21)18-19-17(20-23-18)14-7-8-24-12-14/h3-8,12,15H,2,9-11H2,1H3. The van der Waals surface area contributed by atoms with Gasteiger partial charge in [0.15, 0.2) is 0 Å². The third kappa shape index (κ3) is 3.07. The molecule has 5 nitrogen and oxygen atoms in total. The lowest BCUT2D eigenvalue weighted by atomic mass is 9.99. The zero-order valence-corrected chi connectivity index (χ0v) is 14.3. The topological polar surface area (TPSA) is 51.4 Å². The fourth-order valence-electron chi connectivity index (χ4n) is 2.94. The van der Waals surface area contributed by atoms with Crippen LogP contribution in [0.2, 0.25) is 0 Å². The minimum atomic E-state index is 0.323. The molecule has 0 atom stereocenters. The predicted molar refractivity (Wildman–Crippen MR) is 93.2 cm³/mol. The molecule has 1 aliphatic rings. The first kappa shape index (κ1) is 15.4. The van der Waals surface area contributed by atoms with Crippen molar-refractivity contribution in [2.45, 2.75) is 19.4 Å². The third-order valence-corrected chi connectivity index (χ3v) is 4.88. The number of nitrogens with zero attached hydrogens (tertiary/aromatic N) is 3. The molecule has 0 bridgehead atoms. The van der Waals surface area contributed by atoms with Gasteiger partial charge in [0.05, 0.1) is 12.5 Å². The normalized spacial score (nSPS) is 15.4. The van der Waals surface area contributed by atoms with Crippen molar-refractivity contribution in [3.63, 3.8) is 0 Å². The second-order valence-corrected chi connectivity index (χ2v) is 6.68. The Bertz CT molecular complexity index is 794. The number of hydrogen-bond donors (Lipinski definition) is 0. The molecule has 0 N–H and O–H groups in total. The first-order valence-corrected chi connectivity index (χ1v) is 9.07. The molecule has 3 aromatic rings. The maximum absolute atomic E-state index is 5.70. The summed E-state index contributed by atoms with van der Waals surface area (Å²) in [6.45, 7) is 5.46. The van der Waals surface area contributed by atoms with Gasteiger partial charge in [-0.3, -0.25) is 4.90 Å². The summed E-state index contributed by atoms with van der Waals surface area (Å²) in [4.78, 5) is 6.91. The van der Waals surface area contributed by atoms with Gasteiger partial charge < -0.3 is 9.26 Å². The van der Waals surface area contributed by atoms with E-state index in [1.807, 2.05) is 35.9 Å². The van der Waals surface area contributed by atoms with Gasteiger partial charge in [-0.05, 0) is 24.4 Å². The van der Waals surface area contributed by atoms with E-state index in [4.69, 9.17) is 9.26 Å². The van der Waals surface area contributed by atoms with Gasteiger partial charge in [0.25, 0.3) is 0 Å². The quantitative estimate of drug-likeness (QED) is 0.683. The molecule has 0 unspecified atom stereocenters. The first-order valence-electron chi connectivity index (χ1n) is 8.12. The van der Waals surface area contributed by atoms with Crippen LogP contribution in [0.4, 0.5) is 0 Å². The molecule has 0 spiro atoms. The number of likely N-dealkylation sites (tertiary alicyclic amines) is 1. The van der Waals surface area contributed by atoms with Gasteiger partial charge in [-0.2, -0.15) is 16.3 Å². The van der Waals surface area contributed by atoms with Crippen molar-refractivity contribution in [1.29, 1.82) is 0 Å². The zero-order valence-electron chi connectivity index (χ0n) is 13.5. The molecule has 0 radical (unpaired) electrons. The smallest absolute Gasteiger partial charge is 0.232 e. The molecule has 6 heteroatoms. The molecule has 124 valence electrons. The van der Waals surface area contributed by atoms with Crippen LogP contribution >= 0.6 is 11.3 Å². The Morgan fingerprint density at radius 2 is 2.17 bits per heavy atom. The largest absolute Gasteiger partial charge is 0.494 e. The molecular formula is C18H19N3O2S. The Hall–Kier alpha value is -2.18. The fraction of sp³-hybridized carbons (Fsp3) is 0.333.